The smallest absolute Gasteiger partial charge is 0.231 e. The van der Waals surface area contributed by atoms with Gasteiger partial charge in [0, 0.05) is 19.2 Å². The zero-order valence-electron chi connectivity index (χ0n) is 9.70. The van der Waals surface area contributed by atoms with Crippen molar-refractivity contribution in [2.24, 2.45) is 0 Å². The van der Waals surface area contributed by atoms with Crippen LogP contribution < -0.4 is 14.8 Å². The molecule has 0 spiro atoms. The Labute approximate surface area is 109 Å². The Morgan fingerprint density at radius 3 is 3.06 bits per heavy atom. The third kappa shape index (κ3) is 3.12. The van der Waals surface area contributed by atoms with Crippen LogP contribution in [0.4, 0.5) is 0 Å². The van der Waals surface area contributed by atoms with E-state index in [1.54, 1.807) is 0 Å². The van der Waals surface area contributed by atoms with Crippen LogP contribution in [0.5, 0.6) is 11.5 Å². The average molecular weight is 302 g/mol. The van der Waals surface area contributed by atoms with Crippen LogP contribution in [0, 0.1) is 0 Å². The van der Waals surface area contributed by atoms with E-state index in [9.17, 15) is 0 Å². The fraction of sp³-hybridized carbons (Fsp3) is 0.500. The molecule has 0 fully saturated rings. The Kier molecular flexibility index (Phi) is 4.25. The number of hydrogen-bond acceptors (Lipinski definition) is 4. The molecule has 0 saturated heterocycles. The first kappa shape index (κ1) is 12.7. The maximum Gasteiger partial charge on any atom is 0.231 e. The number of aliphatic hydroxyl groups excluding tert-OH is 1. The zero-order valence-corrected chi connectivity index (χ0v) is 11.3. The van der Waals surface area contributed by atoms with Crippen molar-refractivity contribution in [3.63, 3.8) is 0 Å². The molecule has 94 valence electrons. The van der Waals surface area contributed by atoms with Gasteiger partial charge >= 0.3 is 0 Å². The molecule has 5 heteroatoms. The van der Waals surface area contributed by atoms with Crippen molar-refractivity contribution in [2.45, 2.75) is 25.9 Å². The molecule has 1 aromatic carbocycles. The number of ether oxygens (including phenoxy) is 2. The maximum absolute atomic E-state index is 8.82. The summed E-state index contributed by atoms with van der Waals surface area (Å²) in [5.41, 5.74) is 1.13. The lowest BCUT2D eigenvalue weighted by Gasteiger charge is -2.13. The summed E-state index contributed by atoms with van der Waals surface area (Å²) >= 11 is 3.46. The predicted octanol–water partition coefficient (Wildman–Crippen LogP) is 2.04. The number of benzene rings is 1. The second kappa shape index (κ2) is 5.71. The molecule has 1 unspecified atom stereocenters. The van der Waals surface area contributed by atoms with Gasteiger partial charge in [-0.1, -0.05) is 0 Å². The van der Waals surface area contributed by atoms with Crippen LogP contribution in [0.15, 0.2) is 16.6 Å². The van der Waals surface area contributed by atoms with E-state index in [4.69, 9.17) is 14.6 Å². The van der Waals surface area contributed by atoms with Crippen molar-refractivity contribution in [1.29, 1.82) is 0 Å². The first-order valence-corrected chi connectivity index (χ1v) is 6.42. The maximum atomic E-state index is 8.82. The van der Waals surface area contributed by atoms with Crippen molar-refractivity contribution in [3.05, 3.63) is 22.2 Å². The van der Waals surface area contributed by atoms with Crippen LogP contribution in [-0.4, -0.2) is 24.5 Å². The molecule has 1 atom stereocenters. The minimum atomic E-state index is 0.207. The van der Waals surface area contributed by atoms with Crippen molar-refractivity contribution < 1.29 is 14.6 Å². The molecule has 0 radical (unpaired) electrons. The van der Waals surface area contributed by atoms with Gasteiger partial charge in [0.15, 0.2) is 11.5 Å². The Balaban J connectivity index is 2.00. The molecule has 4 nitrogen and oxygen atoms in total. The second-order valence-corrected chi connectivity index (χ2v) is 4.96. The monoisotopic (exact) mass is 301 g/mol. The molecule has 0 aliphatic carbocycles. The summed E-state index contributed by atoms with van der Waals surface area (Å²) in [4.78, 5) is 0. The fourth-order valence-electron chi connectivity index (χ4n) is 1.71. The number of hydrogen-bond donors (Lipinski definition) is 2. The van der Waals surface area contributed by atoms with Gasteiger partial charge in [-0.25, -0.2) is 0 Å². The Bertz CT molecular complexity index is 398. The minimum Gasteiger partial charge on any atom is -0.454 e. The third-order valence-electron chi connectivity index (χ3n) is 2.70. The lowest BCUT2D eigenvalue weighted by molar-refractivity contribution is 0.173. The quantitative estimate of drug-likeness (QED) is 0.874. The van der Waals surface area contributed by atoms with Crippen LogP contribution in [0.2, 0.25) is 0 Å². The lowest BCUT2D eigenvalue weighted by Crippen LogP contribution is -2.26. The summed E-state index contributed by atoms with van der Waals surface area (Å²) in [5, 5.41) is 12.2. The standard InChI is InChI=1S/C12H16BrNO3/c1-8(2-3-15)14-6-9-4-10(13)12-11(5-9)16-7-17-12/h4-5,8,14-15H,2-3,6-7H2,1H3. The van der Waals surface area contributed by atoms with Crippen LogP contribution in [0.1, 0.15) is 18.9 Å². The number of fused-ring (bicyclic) bond motifs is 1. The van der Waals surface area contributed by atoms with Gasteiger partial charge in [-0.3, -0.25) is 0 Å². The van der Waals surface area contributed by atoms with E-state index in [1.165, 1.54) is 0 Å². The highest BCUT2D eigenvalue weighted by Gasteiger charge is 2.17. The van der Waals surface area contributed by atoms with Gasteiger partial charge in [-0.2, -0.15) is 0 Å². The van der Waals surface area contributed by atoms with Gasteiger partial charge in [0.25, 0.3) is 0 Å². The molecule has 0 bridgehead atoms. The number of halogens is 1. The van der Waals surface area contributed by atoms with E-state index in [0.717, 1.165) is 34.5 Å². The predicted molar refractivity (Wildman–Crippen MR) is 68.3 cm³/mol. The van der Waals surface area contributed by atoms with E-state index in [-0.39, 0.29) is 13.4 Å². The number of nitrogens with one attached hydrogen (secondary N) is 1. The van der Waals surface area contributed by atoms with E-state index >= 15 is 0 Å². The summed E-state index contributed by atoms with van der Waals surface area (Å²) in [7, 11) is 0. The van der Waals surface area contributed by atoms with Crippen LogP contribution >= 0.6 is 15.9 Å². The van der Waals surface area contributed by atoms with Gasteiger partial charge in [-0.05, 0) is 47.0 Å². The summed E-state index contributed by atoms with van der Waals surface area (Å²) in [6.07, 6.45) is 0.756. The molecule has 2 rings (SSSR count). The molecule has 0 aromatic heterocycles. The summed E-state index contributed by atoms with van der Waals surface area (Å²) in [6.45, 7) is 3.29. The van der Waals surface area contributed by atoms with Crippen LogP contribution in [-0.2, 0) is 6.54 Å². The highest BCUT2D eigenvalue weighted by molar-refractivity contribution is 9.10. The third-order valence-corrected chi connectivity index (χ3v) is 3.29. The van der Waals surface area contributed by atoms with Crippen molar-refractivity contribution >= 4 is 15.9 Å². The fourth-order valence-corrected chi connectivity index (χ4v) is 2.31. The molecule has 1 aliphatic heterocycles. The van der Waals surface area contributed by atoms with E-state index in [0.29, 0.717) is 6.04 Å². The van der Waals surface area contributed by atoms with Gasteiger partial charge in [0.1, 0.15) is 0 Å². The largest absolute Gasteiger partial charge is 0.454 e. The molecular formula is C12H16BrNO3. The van der Waals surface area contributed by atoms with Crippen molar-refractivity contribution in [1.82, 2.24) is 5.32 Å². The van der Waals surface area contributed by atoms with Gasteiger partial charge in [0.05, 0.1) is 4.47 Å². The summed E-state index contributed by atoms with van der Waals surface area (Å²) in [6, 6.07) is 4.29. The summed E-state index contributed by atoms with van der Waals surface area (Å²) < 4.78 is 11.6. The van der Waals surface area contributed by atoms with Gasteiger partial charge < -0.3 is 19.9 Å². The molecular weight excluding hydrogens is 286 g/mol. The van der Waals surface area contributed by atoms with Crippen molar-refractivity contribution in [3.8, 4) is 11.5 Å². The number of rotatable bonds is 5. The van der Waals surface area contributed by atoms with Gasteiger partial charge in [-0.15, -0.1) is 0 Å². The van der Waals surface area contributed by atoms with E-state index in [1.807, 2.05) is 12.1 Å². The van der Waals surface area contributed by atoms with Gasteiger partial charge in [0.2, 0.25) is 6.79 Å². The second-order valence-electron chi connectivity index (χ2n) is 4.11. The van der Waals surface area contributed by atoms with E-state index in [2.05, 4.69) is 28.2 Å². The minimum absolute atomic E-state index is 0.207. The lowest BCUT2D eigenvalue weighted by atomic mass is 10.1. The normalized spacial score (nSPS) is 15.0. The molecule has 1 aliphatic rings. The summed E-state index contributed by atoms with van der Waals surface area (Å²) in [5.74, 6) is 1.56. The Morgan fingerprint density at radius 1 is 1.47 bits per heavy atom. The molecule has 1 heterocycles. The molecule has 1 aromatic rings. The molecule has 17 heavy (non-hydrogen) atoms. The SMILES string of the molecule is CC(CCO)NCc1cc(Br)c2c(c1)OCO2. The highest BCUT2D eigenvalue weighted by atomic mass is 79.9. The first-order valence-electron chi connectivity index (χ1n) is 5.63. The number of aliphatic hydroxyl groups is 1. The topological polar surface area (TPSA) is 50.7 Å². The first-order chi connectivity index (χ1) is 8.20. The Morgan fingerprint density at radius 2 is 2.29 bits per heavy atom. The average Bonchev–Trinajstić information content (AvgIpc) is 2.75. The molecule has 0 amide bonds. The van der Waals surface area contributed by atoms with Crippen LogP contribution in [0.25, 0.3) is 0 Å². The Hall–Kier alpha value is -0.780. The van der Waals surface area contributed by atoms with Crippen LogP contribution in [0.3, 0.4) is 0 Å². The zero-order chi connectivity index (χ0) is 12.3. The highest BCUT2D eigenvalue weighted by Crippen LogP contribution is 2.39. The van der Waals surface area contributed by atoms with E-state index < -0.39 is 0 Å². The molecule has 0 saturated carbocycles. The van der Waals surface area contributed by atoms with Crippen molar-refractivity contribution in [2.75, 3.05) is 13.4 Å². The molecule has 2 N–H and O–H groups in total.